The number of carboxylic acids is 1. The van der Waals surface area contributed by atoms with E-state index in [1.165, 1.54) is 0 Å². The van der Waals surface area contributed by atoms with Gasteiger partial charge in [0.05, 0.1) is 0 Å². The normalized spacial score (nSPS) is 15.9. The van der Waals surface area contributed by atoms with Gasteiger partial charge in [-0.2, -0.15) is 0 Å². The van der Waals surface area contributed by atoms with E-state index in [1.807, 2.05) is 30.3 Å². The molecule has 1 aromatic carbocycles. The number of piperidine rings is 1. The SMILES string of the molecule is O=C(O)CC1CCN(C(=O)NCc2ccccc2)CC1. The summed E-state index contributed by atoms with van der Waals surface area (Å²) in [5.74, 6) is -0.553. The van der Waals surface area contributed by atoms with Gasteiger partial charge >= 0.3 is 12.0 Å². The van der Waals surface area contributed by atoms with Crippen molar-refractivity contribution in [3.8, 4) is 0 Å². The van der Waals surface area contributed by atoms with Gasteiger partial charge in [0.15, 0.2) is 0 Å². The molecule has 1 aliphatic rings. The lowest BCUT2D eigenvalue weighted by molar-refractivity contribution is -0.138. The highest BCUT2D eigenvalue weighted by Gasteiger charge is 2.23. The molecule has 5 nitrogen and oxygen atoms in total. The Hall–Kier alpha value is -2.04. The van der Waals surface area contributed by atoms with Crippen molar-refractivity contribution in [2.45, 2.75) is 25.8 Å². The zero-order valence-corrected chi connectivity index (χ0v) is 11.4. The van der Waals surface area contributed by atoms with E-state index in [-0.39, 0.29) is 18.4 Å². The molecule has 0 unspecified atom stereocenters. The first kappa shape index (κ1) is 14.4. The van der Waals surface area contributed by atoms with Crippen molar-refractivity contribution in [1.29, 1.82) is 0 Å². The smallest absolute Gasteiger partial charge is 0.317 e. The molecule has 0 aliphatic carbocycles. The number of carboxylic acid groups (broad SMARTS) is 1. The van der Waals surface area contributed by atoms with Gasteiger partial charge < -0.3 is 15.3 Å². The molecule has 0 saturated carbocycles. The Bertz CT molecular complexity index is 453. The van der Waals surface area contributed by atoms with Crippen LogP contribution in [0.15, 0.2) is 30.3 Å². The van der Waals surface area contributed by atoms with Gasteiger partial charge in [-0.15, -0.1) is 0 Å². The molecule has 1 aromatic rings. The third-order valence-corrected chi connectivity index (χ3v) is 3.65. The highest BCUT2D eigenvalue weighted by Crippen LogP contribution is 2.20. The van der Waals surface area contributed by atoms with Crippen LogP contribution in [0.2, 0.25) is 0 Å². The summed E-state index contributed by atoms with van der Waals surface area (Å²) < 4.78 is 0. The van der Waals surface area contributed by atoms with Crippen molar-refractivity contribution in [3.63, 3.8) is 0 Å². The summed E-state index contributed by atoms with van der Waals surface area (Å²) in [6, 6.07) is 9.71. The highest BCUT2D eigenvalue weighted by atomic mass is 16.4. The number of carbonyl (C=O) groups excluding carboxylic acids is 1. The van der Waals surface area contributed by atoms with Crippen LogP contribution in [0.3, 0.4) is 0 Å². The van der Waals surface area contributed by atoms with Crippen molar-refractivity contribution in [3.05, 3.63) is 35.9 Å². The van der Waals surface area contributed by atoms with Crippen molar-refractivity contribution >= 4 is 12.0 Å². The Morgan fingerprint density at radius 2 is 1.85 bits per heavy atom. The van der Waals surface area contributed by atoms with E-state index in [9.17, 15) is 9.59 Å². The van der Waals surface area contributed by atoms with Gasteiger partial charge in [0.2, 0.25) is 0 Å². The fraction of sp³-hybridized carbons (Fsp3) is 0.467. The Kier molecular flexibility index (Phi) is 4.98. The number of hydrogen-bond donors (Lipinski definition) is 2. The summed E-state index contributed by atoms with van der Waals surface area (Å²) in [7, 11) is 0. The quantitative estimate of drug-likeness (QED) is 0.884. The number of aliphatic carboxylic acids is 1. The maximum Gasteiger partial charge on any atom is 0.317 e. The molecular weight excluding hydrogens is 256 g/mol. The van der Waals surface area contributed by atoms with Crippen molar-refractivity contribution in [1.82, 2.24) is 10.2 Å². The lowest BCUT2D eigenvalue weighted by Gasteiger charge is -2.31. The van der Waals surface area contributed by atoms with Gasteiger partial charge in [-0.05, 0) is 24.3 Å². The first-order valence-corrected chi connectivity index (χ1v) is 6.93. The predicted octanol–water partition coefficient (Wildman–Crippen LogP) is 2.08. The van der Waals surface area contributed by atoms with E-state index >= 15 is 0 Å². The lowest BCUT2D eigenvalue weighted by atomic mass is 9.94. The molecule has 1 saturated heterocycles. The molecule has 2 rings (SSSR count). The Balaban J connectivity index is 1.73. The second kappa shape index (κ2) is 6.93. The first-order chi connectivity index (χ1) is 9.65. The molecule has 1 aliphatic heterocycles. The van der Waals surface area contributed by atoms with Gasteiger partial charge in [-0.3, -0.25) is 4.79 Å². The molecular formula is C15H20N2O3. The van der Waals surface area contributed by atoms with E-state index in [2.05, 4.69) is 5.32 Å². The minimum atomic E-state index is -0.753. The zero-order valence-electron chi connectivity index (χ0n) is 11.4. The fourth-order valence-electron chi connectivity index (χ4n) is 2.47. The maximum atomic E-state index is 12.0. The number of rotatable bonds is 4. The van der Waals surface area contributed by atoms with E-state index in [0.717, 1.165) is 18.4 Å². The van der Waals surface area contributed by atoms with Crippen molar-refractivity contribution < 1.29 is 14.7 Å². The summed E-state index contributed by atoms with van der Waals surface area (Å²) in [6.07, 6.45) is 1.75. The number of likely N-dealkylation sites (tertiary alicyclic amines) is 1. The van der Waals surface area contributed by atoms with Gasteiger partial charge in [-0.25, -0.2) is 4.79 Å². The molecule has 0 spiro atoms. The standard InChI is InChI=1S/C15H20N2O3/c18-14(19)10-12-6-8-17(9-7-12)15(20)16-11-13-4-2-1-3-5-13/h1-5,12H,6-11H2,(H,16,20)(H,18,19). The molecule has 0 aromatic heterocycles. The summed E-state index contributed by atoms with van der Waals surface area (Å²) >= 11 is 0. The van der Waals surface area contributed by atoms with E-state index in [4.69, 9.17) is 5.11 Å². The molecule has 1 fully saturated rings. The molecule has 108 valence electrons. The molecule has 5 heteroatoms. The average molecular weight is 276 g/mol. The molecule has 20 heavy (non-hydrogen) atoms. The predicted molar refractivity (Wildman–Crippen MR) is 75.2 cm³/mol. The average Bonchev–Trinajstić information content (AvgIpc) is 2.46. The fourth-order valence-corrected chi connectivity index (χ4v) is 2.47. The van der Waals surface area contributed by atoms with E-state index in [1.54, 1.807) is 4.90 Å². The molecule has 1 heterocycles. The number of nitrogens with one attached hydrogen (secondary N) is 1. The van der Waals surface area contributed by atoms with Gasteiger partial charge in [0, 0.05) is 26.1 Å². The van der Waals surface area contributed by atoms with Gasteiger partial charge in [0.1, 0.15) is 0 Å². The second-order valence-electron chi connectivity index (χ2n) is 5.17. The number of hydrogen-bond acceptors (Lipinski definition) is 2. The Morgan fingerprint density at radius 3 is 2.45 bits per heavy atom. The van der Waals surface area contributed by atoms with Crippen molar-refractivity contribution in [2.24, 2.45) is 5.92 Å². The topological polar surface area (TPSA) is 69.6 Å². The first-order valence-electron chi connectivity index (χ1n) is 6.93. The number of nitrogens with zero attached hydrogens (tertiary/aromatic N) is 1. The highest BCUT2D eigenvalue weighted by molar-refractivity contribution is 5.74. The second-order valence-corrected chi connectivity index (χ2v) is 5.17. The Morgan fingerprint density at radius 1 is 1.20 bits per heavy atom. The third kappa shape index (κ3) is 4.26. The lowest BCUT2D eigenvalue weighted by Crippen LogP contribution is -2.44. The molecule has 0 atom stereocenters. The summed E-state index contributed by atoms with van der Waals surface area (Å²) in [4.78, 5) is 24.4. The third-order valence-electron chi connectivity index (χ3n) is 3.65. The van der Waals surface area contributed by atoms with Crippen LogP contribution in [-0.2, 0) is 11.3 Å². The van der Waals surface area contributed by atoms with Crippen LogP contribution in [0.5, 0.6) is 0 Å². The number of benzene rings is 1. The van der Waals surface area contributed by atoms with Crippen LogP contribution in [0, 0.1) is 5.92 Å². The molecule has 0 bridgehead atoms. The van der Waals surface area contributed by atoms with Crippen LogP contribution in [0.25, 0.3) is 0 Å². The molecule has 2 N–H and O–H groups in total. The number of amides is 2. The zero-order chi connectivity index (χ0) is 14.4. The van der Waals surface area contributed by atoms with Crippen LogP contribution < -0.4 is 5.32 Å². The van der Waals surface area contributed by atoms with Gasteiger partial charge in [-0.1, -0.05) is 30.3 Å². The minimum Gasteiger partial charge on any atom is -0.481 e. The summed E-state index contributed by atoms with van der Waals surface area (Å²) in [5, 5.41) is 11.7. The van der Waals surface area contributed by atoms with Crippen LogP contribution in [0.4, 0.5) is 4.79 Å². The Labute approximate surface area is 118 Å². The largest absolute Gasteiger partial charge is 0.481 e. The summed E-state index contributed by atoms with van der Waals surface area (Å²) in [5.41, 5.74) is 1.07. The van der Waals surface area contributed by atoms with Crippen molar-refractivity contribution in [2.75, 3.05) is 13.1 Å². The van der Waals surface area contributed by atoms with E-state index < -0.39 is 5.97 Å². The number of carbonyl (C=O) groups is 2. The van der Waals surface area contributed by atoms with Crippen LogP contribution >= 0.6 is 0 Å². The molecule has 2 amide bonds. The van der Waals surface area contributed by atoms with Crippen LogP contribution in [0.1, 0.15) is 24.8 Å². The minimum absolute atomic E-state index is 0.0670. The number of urea groups is 1. The van der Waals surface area contributed by atoms with E-state index in [0.29, 0.717) is 19.6 Å². The van der Waals surface area contributed by atoms with Crippen LogP contribution in [-0.4, -0.2) is 35.1 Å². The van der Waals surface area contributed by atoms with Gasteiger partial charge in [0.25, 0.3) is 0 Å². The monoisotopic (exact) mass is 276 g/mol. The maximum absolute atomic E-state index is 12.0. The molecule has 0 radical (unpaired) electrons. The summed E-state index contributed by atoms with van der Waals surface area (Å²) in [6.45, 7) is 1.80.